The van der Waals surface area contributed by atoms with Gasteiger partial charge in [-0.1, -0.05) is 30.0 Å². The minimum atomic E-state index is 0.0891. The predicted molar refractivity (Wildman–Crippen MR) is 115 cm³/mol. The average Bonchev–Trinajstić information content (AvgIpc) is 3.37. The van der Waals surface area contributed by atoms with E-state index in [1.54, 1.807) is 7.11 Å². The van der Waals surface area contributed by atoms with E-state index in [0.717, 1.165) is 46.5 Å². The number of ether oxygens (including phenoxy) is 1. The number of nitrogens with zero attached hydrogens (tertiary/aromatic N) is 4. The molecule has 0 spiro atoms. The fourth-order valence-electron chi connectivity index (χ4n) is 3.90. The van der Waals surface area contributed by atoms with E-state index in [-0.39, 0.29) is 5.91 Å². The van der Waals surface area contributed by atoms with Gasteiger partial charge in [0.05, 0.1) is 18.4 Å². The normalized spacial score (nSPS) is 13.2. The van der Waals surface area contributed by atoms with Gasteiger partial charge in [-0.25, -0.2) is 0 Å². The van der Waals surface area contributed by atoms with Gasteiger partial charge in [0.1, 0.15) is 5.75 Å². The molecular formula is C22H20N4O2S. The molecule has 0 N–H and O–H groups in total. The Bertz CT molecular complexity index is 1250. The van der Waals surface area contributed by atoms with Gasteiger partial charge in [0, 0.05) is 18.3 Å². The average molecular weight is 404 g/mol. The van der Waals surface area contributed by atoms with Crippen molar-refractivity contribution in [2.24, 2.45) is 0 Å². The number of benzene rings is 2. The number of anilines is 1. The highest BCUT2D eigenvalue weighted by Crippen LogP contribution is 2.30. The van der Waals surface area contributed by atoms with E-state index in [1.807, 2.05) is 52.6 Å². The predicted octanol–water partition coefficient (Wildman–Crippen LogP) is 3.88. The molecular weight excluding hydrogens is 384 g/mol. The second-order valence-electron chi connectivity index (χ2n) is 7.11. The van der Waals surface area contributed by atoms with Crippen LogP contribution in [0.4, 0.5) is 5.69 Å². The van der Waals surface area contributed by atoms with Crippen molar-refractivity contribution in [2.75, 3.05) is 24.3 Å². The highest BCUT2D eigenvalue weighted by atomic mass is 32.2. The van der Waals surface area contributed by atoms with Crippen molar-refractivity contribution < 1.29 is 9.53 Å². The van der Waals surface area contributed by atoms with Gasteiger partial charge >= 0.3 is 0 Å². The van der Waals surface area contributed by atoms with Crippen LogP contribution in [0.2, 0.25) is 0 Å². The number of pyridine rings is 1. The number of carbonyl (C=O) groups is 1. The molecule has 2 aromatic heterocycles. The van der Waals surface area contributed by atoms with Crippen molar-refractivity contribution >= 4 is 39.9 Å². The van der Waals surface area contributed by atoms with E-state index in [4.69, 9.17) is 4.74 Å². The second-order valence-corrected chi connectivity index (χ2v) is 8.05. The summed E-state index contributed by atoms with van der Waals surface area (Å²) in [5, 5.41) is 10.5. The fraction of sp³-hybridized carbons (Fsp3) is 0.227. The lowest BCUT2D eigenvalue weighted by molar-refractivity contribution is -0.116. The lowest BCUT2D eigenvalue weighted by Gasteiger charge is -2.16. The van der Waals surface area contributed by atoms with Gasteiger partial charge in [0.2, 0.25) is 5.91 Å². The van der Waals surface area contributed by atoms with Crippen LogP contribution in [0.3, 0.4) is 0 Å². The van der Waals surface area contributed by atoms with E-state index in [9.17, 15) is 4.79 Å². The molecule has 1 aliphatic heterocycles. The number of amides is 1. The first-order chi connectivity index (χ1) is 14.2. The Morgan fingerprint density at radius 1 is 1.17 bits per heavy atom. The van der Waals surface area contributed by atoms with Crippen LogP contribution in [0.15, 0.2) is 53.7 Å². The molecule has 0 aliphatic carbocycles. The molecule has 2 aromatic carbocycles. The monoisotopic (exact) mass is 404 g/mol. The zero-order valence-corrected chi connectivity index (χ0v) is 17.1. The molecule has 0 radical (unpaired) electrons. The van der Waals surface area contributed by atoms with Crippen LogP contribution in [0, 0.1) is 6.92 Å². The van der Waals surface area contributed by atoms with Crippen LogP contribution in [0.5, 0.6) is 5.75 Å². The summed E-state index contributed by atoms with van der Waals surface area (Å²) in [5.74, 6) is 1.18. The Labute approximate surface area is 172 Å². The summed E-state index contributed by atoms with van der Waals surface area (Å²) in [7, 11) is 1.65. The van der Waals surface area contributed by atoms with Crippen molar-refractivity contribution in [1.82, 2.24) is 14.6 Å². The second kappa shape index (κ2) is 7.08. The van der Waals surface area contributed by atoms with Gasteiger partial charge in [-0.15, -0.1) is 10.2 Å². The fourth-order valence-corrected chi connectivity index (χ4v) is 4.72. The van der Waals surface area contributed by atoms with Crippen LogP contribution in [0.1, 0.15) is 11.1 Å². The number of aromatic nitrogens is 3. The Hall–Kier alpha value is -3.06. The molecule has 0 atom stereocenters. The largest absolute Gasteiger partial charge is 0.497 e. The number of hydrogen-bond donors (Lipinski definition) is 0. The summed E-state index contributed by atoms with van der Waals surface area (Å²) in [6, 6.07) is 16.1. The maximum Gasteiger partial charge on any atom is 0.237 e. The highest BCUT2D eigenvalue weighted by molar-refractivity contribution is 7.99. The summed E-state index contributed by atoms with van der Waals surface area (Å²) in [6.45, 7) is 2.76. The van der Waals surface area contributed by atoms with E-state index < -0.39 is 0 Å². The third kappa shape index (κ3) is 3.02. The van der Waals surface area contributed by atoms with E-state index in [1.165, 1.54) is 17.3 Å². The zero-order valence-electron chi connectivity index (χ0n) is 16.3. The number of hydrogen-bond acceptors (Lipinski definition) is 5. The first-order valence-corrected chi connectivity index (χ1v) is 10.5. The summed E-state index contributed by atoms with van der Waals surface area (Å²) in [6.07, 6.45) is 0.907. The molecule has 1 aliphatic rings. The summed E-state index contributed by atoms with van der Waals surface area (Å²) >= 11 is 1.42. The van der Waals surface area contributed by atoms with Crippen LogP contribution >= 0.6 is 11.8 Å². The van der Waals surface area contributed by atoms with Gasteiger partial charge < -0.3 is 9.64 Å². The third-order valence-corrected chi connectivity index (χ3v) is 6.26. The maximum atomic E-state index is 12.9. The molecule has 0 saturated heterocycles. The molecule has 0 unspecified atom stereocenters. The number of thioether (sulfide) groups is 1. The minimum Gasteiger partial charge on any atom is -0.497 e. The quantitative estimate of drug-likeness (QED) is 0.483. The number of aryl methyl sites for hydroxylation is 1. The lowest BCUT2D eigenvalue weighted by atomic mass is 10.1. The topological polar surface area (TPSA) is 59.7 Å². The smallest absolute Gasteiger partial charge is 0.237 e. The van der Waals surface area contributed by atoms with Crippen molar-refractivity contribution in [3.63, 3.8) is 0 Å². The van der Waals surface area contributed by atoms with Gasteiger partial charge in [-0.05, 0) is 54.1 Å². The molecule has 1 amide bonds. The Morgan fingerprint density at radius 2 is 2.03 bits per heavy atom. The molecule has 0 bridgehead atoms. The van der Waals surface area contributed by atoms with Crippen LogP contribution < -0.4 is 9.64 Å². The molecule has 146 valence electrons. The van der Waals surface area contributed by atoms with Gasteiger partial charge in [-0.3, -0.25) is 9.20 Å². The van der Waals surface area contributed by atoms with E-state index >= 15 is 0 Å². The number of para-hydroxylation sites is 1. The maximum absolute atomic E-state index is 12.9. The molecule has 6 nitrogen and oxygen atoms in total. The summed E-state index contributed by atoms with van der Waals surface area (Å²) < 4.78 is 7.41. The molecule has 7 heteroatoms. The van der Waals surface area contributed by atoms with Crippen molar-refractivity contribution in [1.29, 1.82) is 0 Å². The minimum absolute atomic E-state index is 0.0891. The molecule has 5 rings (SSSR count). The Balaban J connectivity index is 1.47. The van der Waals surface area contributed by atoms with Crippen LogP contribution in [-0.2, 0) is 11.2 Å². The standard InChI is InChI=1S/C22H20N4O2S/c1-14-11-16-7-8-17(28-2)12-19(16)26-21(14)23-24-22(26)29-13-20(27)25-10-9-15-5-3-4-6-18(15)25/h3-8,11-12H,9-10,13H2,1-2H3. The van der Waals surface area contributed by atoms with Crippen LogP contribution in [-0.4, -0.2) is 39.9 Å². The number of fused-ring (bicyclic) bond motifs is 4. The molecule has 0 saturated carbocycles. The molecule has 0 fully saturated rings. The summed E-state index contributed by atoms with van der Waals surface area (Å²) in [5.41, 5.74) is 5.06. The Morgan fingerprint density at radius 3 is 2.90 bits per heavy atom. The summed E-state index contributed by atoms with van der Waals surface area (Å²) in [4.78, 5) is 14.8. The van der Waals surface area contributed by atoms with E-state index in [2.05, 4.69) is 22.3 Å². The van der Waals surface area contributed by atoms with Crippen LogP contribution in [0.25, 0.3) is 16.6 Å². The zero-order chi connectivity index (χ0) is 20.0. The SMILES string of the molecule is COc1ccc2cc(C)c3nnc(SCC(=O)N4CCc5ccccc54)n3c2c1. The number of carbonyl (C=O) groups excluding carboxylic acids is 1. The number of methoxy groups -OCH3 is 1. The Kier molecular flexibility index (Phi) is 4.39. The molecule has 29 heavy (non-hydrogen) atoms. The molecule has 4 aromatic rings. The van der Waals surface area contributed by atoms with Crippen molar-refractivity contribution in [3.05, 3.63) is 59.7 Å². The third-order valence-electron chi connectivity index (χ3n) is 5.35. The lowest BCUT2D eigenvalue weighted by Crippen LogP contribution is -2.30. The van der Waals surface area contributed by atoms with Gasteiger partial charge in [0.25, 0.3) is 0 Å². The van der Waals surface area contributed by atoms with Gasteiger partial charge in [0.15, 0.2) is 10.8 Å². The highest BCUT2D eigenvalue weighted by Gasteiger charge is 2.24. The van der Waals surface area contributed by atoms with Crippen molar-refractivity contribution in [2.45, 2.75) is 18.5 Å². The van der Waals surface area contributed by atoms with Crippen molar-refractivity contribution in [3.8, 4) is 5.75 Å². The van der Waals surface area contributed by atoms with E-state index in [0.29, 0.717) is 10.9 Å². The first-order valence-electron chi connectivity index (χ1n) is 9.49. The van der Waals surface area contributed by atoms with Gasteiger partial charge in [-0.2, -0.15) is 0 Å². The first kappa shape index (κ1) is 18.0. The molecule has 3 heterocycles. The number of rotatable bonds is 4.